The number of aliphatic hydroxyl groups is 1. The fourth-order valence-electron chi connectivity index (χ4n) is 4.00. The number of allylic oxidation sites excluding steroid dienone is 2. The van der Waals surface area contributed by atoms with E-state index in [1.54, 1.807) is 25.1 Å². The van der Waals surface area contributed by atoms with Crippen molar-refractivity contribution >= 4 is 23.0 Å². The standard InChI is InChI=1S/C28H37FN2O3S/c1-7-11-24(18(5)32)31-19(6)28(9-3,10-4)17-21-13-15-26(35-21)27(33)34-25-14-12-20(16-22(25)29)23(30)8-2/h8,12-16,24,31-32H,5-7,9-11,17,30H2,1-4H3/b23-8-. The third kappa shape index (κ3) is 6.98. The smallest absolute Gasteiger partial charge is 0.353 e. The summed E-state index contributed by atoms with van der Waals surface area (Å²) in [7, 11) is 0. The molecule has 0 saturated carbocycles. The largest absolute Gasteiger partial charge is 0.511 e. The van der Waals surface area contributed by atoms with Crippen molar-refractivity contribution in [2.45, 2.75) is 65.8 Å². The average Bonchev–Trinajstić information content (AvgIpc) is 3.31. The Hall–Kier alpha value is -3.06. The van der Waals surface area contributed by atoms with Crippen LogP contribution >= 0.6 is 11.3 Å². The van der Waals surface area contributed by atoms with Crippen LogP contribution in [0.3, 0.4) is 0 Å². The summed E-state index contributed by atoms with van der Waals surface area (Å²) in [5.41, 5.74) is 7.37. The highest BCUT2D eigenvalue weighted by Gasteiger charge is 2.32. The Kier molecular flexibility index (Phi) is 10.1. The van der Waals surface area contributed by atoms with Gasteiger partial charge in [0.25, 0.3) is 0 Å². The highest BCUT2D eigenvalue weighted by molar-refractivity contribution is 7.13. The van der Waals surface area contributed by atoms with Gasteiger partial charge in [0.15, 0.2) is 11.6 Å². The summed E-state index contributed by atoms with van der Waals surface area (Å²) in [5.74, 6) is -1.30. The van der Waals surface area contributed by atoms with Gasteiger partial charge >= 0.3 is 5.97 Å². The van der Waals surface area contributed by atoms with Crippen LogP contribution in [-0.4, -0.2) is 17.1 Å². The molecule has 4 N–H and O–H groups in total. The van der Waals surface area contributed by atoms with Crippen LogP contribution in [0.1, 0.15) is 73.5 Å². The second-order valence-corrected chi connectivity index (χ2v) is 9.83. The first-order chi connectivity index (χ1) is 16.6. The topological polar surface area (TPSA) is 84.6 Å². The summed E-state index contributed by atoms with van der Waals surface area (Å²) in [6, 6.07) is 7.62. The minimum atomic E-state index is -0.650. The summed E-state index contributed by atoms with van der Waals surface area (Å²) < 4.78 is 19.8. The molecule has 0 bridgehead atoms. The van der Waals surface area contributed by atoms with Crippen LogP contribution in [0.4, 0.5) is 4.39 Å². The van der Waals surface area contributed by atoms with E-state index >= 15 is 0 Å². The van der Waals surface area contributed by atoms with E-state index in [0.29, 0.717) is 22.6 Å². The van der Waals surface area contributed by atoms with Crippen LogP contribution in [0.5, 0.6) is 5.75 Å². The second kappa shape index (κ2) is 12.6. The van der Waals surface area contributed by atoms with Crippen molar-refractivity contribution in [2.24, 2.45) is 11.1 Å². The molecule has 7 heteroatoms. The van der Waals surface area contributed by atoms with Crippen molar-refractivity contribution in [3.8, 4) is 5.75 Å². The van der Waals surface area contributed by atoms with Gasteiger partial charge in [-0.25, -0.2) is 9.18 Å². The van der Waals surface area contributed by atoms with Crippen LogP contribution in [0, 0.1) is 11.2 Å². The molecule has 1 aromatic carbocycles. The number of nitrogens with one attached hydrogen (secondary N) is 1. The summed E-state index contributed by atoms with van der Waals surface area (Å²) in [5, 5.41) is 13.3. The SMILES string of the molecule is C=C(O)C(CCC)NC(=C)C(CC)(CC)Cc1ccc(C(=O)Oc2ccc(/C(N)=C/C)cc2F)s1. The molecule has 0 fully saturated rings. The lowest BCUT2D eigenvalue weighted by Gasteiger charge is -2.36. The van der Waals surface area contributed by atoms with Crippen molar-refractivity contribution < 1.29 is 19.0 Å². The fourth-order valence-corrected chi connectivity index (χ4v) is 5.03. The fraction of sp³-hybridized carbons (Fsp3) is 0.393. The molecule has 1 atom stereocenters. The van der Waals surface area contributed by atoms with Gasteiger partial charge in [-0.1, -0.05) is 46.4 Å². The van der Waals surface area contributed by atoms with Gasteiger partial charge in [-0.05, 0) is 62.9 Å². The third-order valence-corrected chi connectivity index (χ3v) is 7.54. The zero-order valence-corrected chi connectivity index (χ0v) is 21.9. The van der Waals surface area contributed by atoms with E-state index in [9.17, 15) is 14.3 Å². The van der Waals surface area contributed by atoms with Crippen molar-refractivity contribution in [3.63, 3.8) is 0 Å². The summed E-state index contributed by atoms with van der Waals surface area (Å²) in [6.07, 6.45) is 5.66. The third-order valence-electron chi connectivity index (χ3n) is 6.48. The van der Waals surface area contributed by atoms with Crippen LogP contribution in [0.15, 0.2) is 61.0 Å². The molecule has 0 aliphatic carbocycles. The first kappa shape index (κ1) is 28.2. The van der Waals surface area contributed by atoms with Gasteiger partial charge in [0.1, 0.15) is 10.6 Å². The zero-order valence-electron chi connectivity index (χ0n) is 21.1. The minimum absolute atomic E-state index is 0.101. The molecule has 1 aromatic heterocycles. The van der Waals surface area contributed by atoms with Crippen molar-refractivity contribution in [1.82, 2.24) is 5.32 Å². The highest BCUT2D eigenvalue weighted by Crippen LogP contribution is 2.39. The quantitative estimate of drug-likeness (QED) is 0.155. The number of halogens is 1. The predicted octanol–water partition coefficient (Wildman–Crippen LogP) is 7.12. The maximum Gasteiger partial charge on any atom is 0.353 e. The van der Waals surface area contributed by atoms with Gasteiger partial charge in [-0.15, -0.1) is 11.3 Å². The number of carbonyl (C=O) groups excluding carboxylic acids is 1. The summed E-state index contributed by atoms with van der Waals surface area (Å²) in [6.45, 7) is 16.0. The maximum absolute atomic E-state index is 14.4. The molecule has 2 aromatic rings. The molecule has 0 radical (unpaired) electrons. The van der Waals surface area contributed by atoms with E-state index < -0.39 is 11.8 Å². The predicted molar refractivity (Wildman–Crippen MR) is 143 cm³/mol. The average molecular weight is 501 g/mol. The Morgan fingerprint density at radius 2 is 1.94 bits per heavy atom. The number of rotatable bonds is 13. The molecule has 0 saturated heterocycles. The number of esters is 1. The monoisotopic (exact) mass is 500 g/mol. The van der Waals surface area contributed by atoms with Gasteiger partial charge in [0.2, 0.25) is 0 Å². The Morgan fingerprint density at radius 3 is 2.49 bits per heavy atom. The van der Waals surface area contributed by atoms with Gasteiger partial charge in [0.05, 0.1) is 6.04 Å². The molecule has 2 rings (SSSR count). The molecule has 1 heterocycles. The van der Waals surface area contributed by atoms with E-state index in [4.69, 9.17) is 10.5 Å². The Balaban J connectivity index is 2.17. The Morgan fingerprint density at radius 1 is 1.26 bits per heavy atom. The number of nitrogens with two attached hydrogens (primary N) is 1. The van der Waals surface area contributed by atoms with Gasteiger partial charge in [0, 0.05) is 27.2 Å². The number of aliphatic hydroxyl groups excluding tert-OH is 1. The second-order valence-electron chi connectivity index (χ2n) is 8.66. The molecule has 1 unspecified atom stereocenters. The lowest BCUT2D eigenvalue weighted by molar-refractivity contribution is 0.0733. The lowest BCUT2D eigenvalue weighted by atomic mass is 9.76. The number of hydrogen-bond acceptors (Lipinski definition) is 6. The van der Waals surface area contributed by atoms with Crippen LogP contribution in [0.2, 0.25) is 0 Å². The molecular formula is C28H37FN2O3S. The number of carbonyl (C=O) groups is 1. The summed E-state index contributed by atoms with van der Waals surface area (Å²) in [4.78, 5) is 14.1. The van der Waals surface area contributed by atoms with Gasteiger partial charge in [-0.3, -0.25) is 0 Å². The normalized spacial score (nSPS) is 12.8. The minimum Gasteiger partial charge on any atom is -0.511 e. The Bertz CT molecular complexity index is 1090. The molecule has 190 valence electrons. The van der Waals surface area contributed by atoms with Crippen LogP contribution in [0.25, 0.3) is 5.70 Å². The number of thiophene rings is 1. The zero-order chi connectivity index (χ0) is 26.2. The van der Waals surface area contributed by atoms with Crippen molar-refractivity contribution in [2.75, 3.05) is 0 Å². The van der Waals surface area contributed by atoms with E-state index in [1.807, 2.05) is 6.07 Å². The highest BCUT2D eigenvalue weighted by atomic mass is 32.1. The Labute approximate surface area is 212 Å². The van der Waals surface area contributed by atoms with Crippen LogP contribution < -0.4 is 15.8 Å². The molecule has 0 aliphatic rings. The lowest BCUT2D eigenvalue weighted by Crippen LogP contribution is -2.38. The number of hydrogen-bond donors (Lipinski definition) is 3. The number of ether oxygens (including phenoxy) is 1. The summed E-state index contributed by atoms with van der Waals surface area (Å²) >= 11 is 1.33. The first-order valence-electron chi connectivity index (χ1n) is 12.0. The maximum atomic E-state index is 14.4. The van der Waals surface area contributed by atoms with Gasteiger partial charge in [-0.2, -0.15) is 0 Å². The molecule has 0 aliphatic heterocycles. The van der Waals surface area contributed by atoms with Crippen molar-refractivity contribution in [1.29, 1.82) is 0 Å². The molecular weight excluding hydrogens is 463 g/mol. The molecule has 0 spiro atoms. The first-order valence-corrected chi connectivity index (χ1v) is 12.8. The van der Waals surface area contributed by atoms with E-state index in [1.165, 1.54) is 23.5 Å². The van der Waals surface area contributed by atoms with E-state index in [2.05, 4.69) is 39.2 Å². The van der Waals surface area contributed by atoms with Crippen molar-refractivity contribution in [3.05, 3.63) is 82.2 Å². The molecule has 0 amide bonds. The van der Waals surface area contributed by atoms with Gasteiger partial charge < -0.3 is 20.9 Å². The van der Waals surface area contributed by atoms with Crippen LogP contribution in [-0.2, 0) is 6.42 Å². The van der Waals surface area contributed by atoms with E-state index in [0.717, 1.165) is 36.3 Å². The number of benzene rings is 1. The molecule has 35 heavy (non-hydrogen) atoms. The molecule has 5 nitrogen and oxygen atoms in total. The van der Waals surface area contributed by atoms with E-state index in [-0.39, 0.29) is 23.0 Å².